The molecular formula is C16H17Br2ClN2. The third-order valence-corrected chi connectivity index (χ3v) is 4.84. The van der Waals surface area contributed by atoms with Gasteiger partial charge < -0.3 is 5.32 Å². The highest BCUT2D eigenvalue weighted by molar-refractivity contribution is 9.10. The second kappa shape index (κ2) is 8.28. The molecule has 112 valence electrons. The van der Waals surface area contributed by atoms with Gasteiger partial charge in [-0.3, -0.25) is 4.98 Å². The summed E-state index contributed by atoms with van der Waals surface area (Å²) in [6.45, 7) is 3.15. The summed E-state index contributed by atoms with van der Waals surface area (Å²) in [4.78, 5) is 4.24. The Bertz CT molecular complexity index is 605. The van der Waals surface area contributed by atoms with Crippen LogP contribution in [0.15, 0.2) is 45.6 Å². The molecule has 0 aliphatic rings. The average molecular weight is 433 g/mol. The Hall–Kier alpha value is -0.420. The quantitative estimate of drug-likeness (QED) is 0.648. The lowest BCUT2D eigenvalue weighted by Gasteiger charge is -2.20. The Labute approximate surface area is 147 Å². The molecule has 2 rings (SSSR count). The topological polar surface area (TPSA) is 24.9 Å². The van der Waals surface area contributed by atoms with E-state index in [2.05, 4.69) is 67.3 Å². The minimum Gasteiger partial charge on any atom is -0.310 e. The first kappa shape index (κ1) is 16.9. The molecule has 1 atom stereocenters. The van der Waals surface area contributed by atoms with E-state index >= 15 is 0 Å². The fourth-order valence-electron chi connectivity index (χ4n) is 2.16. The Morgan fingerprint density at radius 2 is 2.05 bits per heavy atom. The zero-order valence-electron chi connectivity index (χ0n) is 11.7. The van der Waals surface area contributed by atoms with Crippen molar-refractivity contribution in [1.82, 2.24) is 10.3 Å². The molecule has 0 saturated heterocycles. The molecule has 0 radical (unpaired) electrons. The number of pyridine rings is 1. The molecule has 0 aliphatic heterocycles. The molecule has 1 aromatic carbocycles. The molecule has 1 N–H and O–H groups in total. The van der Waals surface area contributed by atoms with Gasteiger partial charge in [0.05, 0.1) is 5.02 Å². The van der Waals surface area contributed by atoms with Gasteiger partial charge in [0.15, 0.2) is 0 Å². The Morgan fingerprint density at radius 3 is 2.71 bits per heavy atom. The van der Waals surface area contributed by atoms with Crippen LogP contribution in [-0.2, 0) is 6.42 Å². The summed E-state index contributed by atoms with van der Waals surface area (Å²) in [5, 5.41) is 4.33. The van der Waals surface area contributed by atoms with Gasteiger partial charge in [-0.25, -0.2) is 0 Å². The second-order valence-electron chi connectivity index (χ2n) is 4.90. The van der Waals surface area contributed by atoms with Crippen LogP contribution in [0.2, 0.25) is 5.02 Å². The van der Waals surface area contributed by atoms with Crippen LogP contribution >= 0.6 is 43.5 Å². The van der Waals surface area contributed by atoms with E-state index in [0.29, 0.717) is 0 Å². The maximum absolute atomic E-state index is 6.09. The van der Waals surface area contributed by atoms with Gasteiger partial charge in [0.2, 0.25) is 0 Å². The molecule has 2 nitrogen and oxygen atoms in total. The van der Waals surface area contributed by atoms with Crippen LogP contribution in [-0.4, -0.2) is 11.5 Å². The molecule has 2 aromatic rings. The molecule has 0 fully saturated rings. The van der Waals surface area contributed by atoms with Gasteiger partial charge in [0.1, 0.15) is 0 Å². The van der Waals surface area contributed by atoms with Crippen LogP contribution in [0.1, 0.15) is 30.5 Å². The predicted octanol–water partition coefficient (Wildman–Crippen LogP) is 5.54. The number of benzene rings is 1. The summed E-state index contributed by atoms with van der Waals surface area (Å²) in [7, 11) is 0. The smallest absolute Gasteiger partial charge is 0.0548 e. The normalized spacial score (nSPS) is 12.4. The van der Waals surface area contributed by atoms with Crippen molar-refractivity contribution in [1.29, 1.82) is 0 Å². The van der Waals surface area contributed by atoms with Crippen molar-refractivity contribution in [2.24, 2.45) is 0 Å². The number of aromatic nitrogens is 1. The van der Waals surface area contributed by atoms with E-state index in [1.807, 2.05) is 12.3 Å². The third kappa shape index (κ3) is 5.06. The SMILES string of the molecule is CCCNC(Cc1cncc(Br)c1)c1ccc(Cl)c(Br)c1. The molecule has 1 heterocycles. The summed E-state index contributed by atoms with van der Waals surface area (Å²) >= 11 is 13.1. The zero-order valence-corrected chi connectivity index (χ0v) is 15.7. The molecule has 0 saturated carbocycles. The fourth-order valence-corrected chi connectivity index (χ4v) is 3.09. The van der Waals surface area contributed by atoms with E-state index in [0.717, 1.165) is 33.4 Å². The Kier molecular flexibility index (Phi) is 6.68. The first-order valence-electron chi connectivity index (χ1n) is 6.88. The van der Waals surface area contributed by atoms with Crippen molar-refractivity contribution in [3.05, 3.63) is 61.8 Å². The highest BCUT2D eigenvalue weighted by Crippen LogP contribution is 2.28. The number of hydrogen-bond acceptors (Lipinski definition) is 2. The lowest BCUT2D eigenvalue weighted by Crippen LogP contribution is -2.24. The van der Waals surface area contributed by atoms with Crippen LogP contribution in [0, 0.1) is 0 Å². The lowest BCUT2D eigenvalue weighted by atomic mass is 10.00. The van der Waals surface area contributed by atoms with Gasteiger partial charge in [-0.05, 0) is 80.6 Å². The Morgan fingerprint density at radius 1 is 1.24 bits per heavy atom. The van der Waals surface area contributed by atoms with E-state index in [-0.39, 0.29) is 6.04 Å². The number of nitrogens with zero attached hydrogens (tertiary/aromatic N) is 1. The zero-order chi connectivity index (χ0) is 15.2. The van der Waals surface area contributed by atoms with Crippen molar-refractivity contribution < 1.29 is 0 Å². The fraction of sp³-hybridized carbons (Fsp3) is 0.312. The van der Waals surface area contributed by atoms with Crippen molar-refractivity contribution in [2.45, 2.75) is 25.8 Å². The Balaban J connectivity index is 2.22. The lowest BCUT2D eigenvalue weighted by molar-refractivity contribution is 0.528. The van der Waals surface area contributed by atoms with Gasteiger partial charge in [0.25, 0.3) is 0 Å². The molecule has 5 heteroatoms. The maximum atomic E-state index is 6.09. The highest BCUT2D eigenvalue weighted by Gasteiger charge is 2.13. The summed E-state index contributed by atoms with van der Waals surface area (Å²) in [5.74, 6) is 0. The van der Waals surface area contributed by atoms with E-state index < -0.39 is 0 Å². The number of hydrogen-bond donors (Lipinski definition) is 1. The highest BCUT2D eigenvalue weighted by atomic mass is 79.9. The van der Waals surface area contributed by atoms with Crippen molar-refractivity contribution >= 4 is 43.5 Å². The van der Waals surface area contributed by atoms with Crippen molar-refractivity contribution in [2.75, 3.05) is 6.54 Å². The first-order chi connectivity index (χ1) is 10.1. The first-order valence-corrected chi connectivity index (χ1v) is 8.84. The predicted molar refractivity (Wildman–Crippen MR) is 95.8 cm³/mol. The van der Waals surface area contributed by atoms with E-state index in [1.165, 1.54) is 11.1 Å². The standard InChI is InChI=1S/C16H17Br2ClN2/c1-2-5-21-16(7-11-6-13(17)10-20-9-11)12-3-4-15(19)14(18)8-12/h3-4,6,8-10,16,21H,2,5,7H2,1H3. The van der Waals surface area contributed by atoms with Gasteiger partial charge in [0, 0.05) is 27.4 Å². The summed E-state index contributed by atoms with van der Waals surface area (Å²) in [5.41, 5.74) is 2.42. The van der Waals surface area contributed by atoms with Gasteiger partial charge in [-0.1, -0.05) is 24.6 Å². The number of rotatable bonds is 6. The third-order valence-electron chi connectivity index (χ3n) is 3.19. The van der Waals surface area contributed by atoms with Crippen molar-refractivity contribution in [3.63, 3.8) is 0 Å². The van der Waals surface area contributed by atoms with E-state index in [1.54, 1.807) is 6.20 Å². The van der Waals surface area contributed by atoms with Crippen molar-refractivity contribution in [3.8, 4) is 0 Å². The molecule has 0 aliphatic carbocycles. The molecule has 1 aromatic heterocycles. The monoisotopic (exact) mass is 430 g/mol. The van der Waals surface area contributed by atoms with Gasteiger partial charge in [-0.2, -0.15) is 0 Å². The average Bonchev–Trinajstić information content (AvgIpc) is 2.46. The van der Waals surface area contributed by atoms with Crippen LogP contribution < -0.4 is 5.32 Å². The molecule has 1 unspecified atom stereocenters. The summed E-state index contributed by atoms with van der Waals surface area (Å²) in [6, 6.07) is 8.45. The number of nitrogens with one attached hydrogen (secondary N) is 1. The molecule has 21 heavy (non-hydrogen) atoms. The molecule has 0 bridgehead atoms. The van der Waals surface area contributed by atoms with Gasteiger partial charge in [-0.15, -0.1) is 0 Å². The molecular weight excluding hydrogens is 415 g/mol. The number of halogens is 3. The maximum Gasteiger partial charge on any atom is 0.0548 e. The largest absolute Gasteiger partial charge is 0.310 e. The summed E-state index contributed by atoms with van der Waals surface area (Å²) in [6.07, 6.45) is 5.70. The van der Waals surface area contributed by atoms with E-state index in [9.17, 15) is 0 Å². The van der Waals surface area contributed by atoms with Crippen LogP contribution in [0.25, 0.3) is 0 Å². The van der Waals surface area contributed by atoms with Gasteiger partial charge >= 0.3 is 0 Å². The van der Waals surface area contributed by atoms with Crippen LogP contribution in [0.4, 0.5) is 0 Å². The van der Waals surface area contributed by atoms with Crippen LogP contribution in [0.5, 0.6) is 0 Å². The molecule has 0 spiro atoms. The van der Waals surface area contributed by atoms with E-state index in [4.69, 9.17) is 11.6 Å². The minimum atomic E-state index is 0.245. The minimum absolute atomic E-state index is 0.245. The second-order valence-corrected chi connectivity index (χ2v) is 7.07. The summed E-state index contributed by atoms with van der Waals surface area (Å²) < 4.78 is 1.93. The molecule has 0 amide bonds. The van der Waals surface area contributed by atoms with Crippen LogP contribution in [0.3, 0.4) is 0 Å².